The van der Waals surface area contributed by atoms with Crippen molar-refractivity contribution in [2.75, 3.05) is 0 Å². The molecule has 0 bridgehead atoms. The summed E-state index contributed by atoms with van der Waals surface area (Å²) in [5.74, 6) is 0. The number of hydrogen-bond donors (Lipinski definition) is 0. The first-order valence-electron chi connectivity index (χ1n) is 7.58. The van der Waals surface area contributed by atoms with Crippen LogP contribution in [0.15, 0.2) is 36.4 Å². The van der Waals surface area contributed by atoms with Crippen LogP contribution < -0.4 is 0 Å². The second-order valence-electron chi connectivity index (χ2n) is 5.93. The Morgan fingerprint density at radius 3 is 1.07 bits per heavy atom. The van der Waals surface area contributed by atoms with Gasteiger partial charge < -0.3 is 0 Å². The summed E-state index contributed by atoms with van der Waals surface area (Å²) < 4.78 is 0. The summed E-state index contributed by atoms with van der Waals surface area (Å²) in [7, 11) is 0. The van der Waals surface area contributed by atoms with Crippen molar-refractivity contribution in [1.29, 1.82) is 0 Å². The van der Waals surface area contributed by atoms with E-state index in [0.717, 1.165) is 24.3 Å². The molecule has 0 aromatic heterocycles. The van der Waals surface area contributed by atoms with Gasteiger partial charge in [-0.25, -0.2) is 0 Å². The van der Waals surface area contributed by atoms with Gasteiger partial charge in [-0.1, -0.05) is 0 Å². The molecule has 0 amide bonds. The second kappa shape index (κ2) is 5.51. The second-order valence-corrected chi connectivity index (χ2v) is 5.93. The van der Waals surface area contributed by atoms with E-state index in [1.165, 1.54) is 12.1 Å². The smallest absolute Gasteiger partial charge is 0.258 e. The number of nitro benzene ring substituents is 4. The van der Waals surface area contributed by atoms with Crippen LogP contribution in [0.3, 0.4) is 0 Å². The Balaban J connectivity index is 2.44. The van der Waals surface area contributed by atoms with Gasteiger partial charge in [0.15, 0.2) is 0 Å². The number of rotatable bonds is 4. The molecule has 12 heteroatoms. The lowest BCUT2D eigenvalue weighted by atomic mass is 9.90. The SMILES string of the molecule is O=[N+]([O-])c1cc2c([N+](=O)[O-])ccc3c([N+](=O)[O-])cc4c([N+](=O)[O-])ccc1c4c32. The summed E-state index contributed by atoms with van der Waals surface area (Å²) in [6.45, 7) is 0. The predicted molar refractivity (Wildman–Crippen MR) is 96.8 cm³/mol. The summed E-state index contributed by atoms with van der Waals surface area (Å²) in [5.41, 5.74) is -1.97. The molecular formula is C16H6N4O8. The number of hydrogen-bond acceptors (Lipinski definition) is 8. The molecular weight excluding hydrogens is 376 g/mol. The minimum atomic E-state index is -0.768. The molecule has 0 saturated heterocycles. The summed E-state index contributed by atoms with van der Waals surface area (Å²) in [4.78, 5) is 42.8. The quantitative estimate of drug-likeness (QED) is 0.286. The molecule has 0 spiro atoms. The lowest BCUT2D eigenvalue weighted by molar-refractivity contribution is -0.385. The van der Waals surface area contributed by atoms with Crippen molar-refractivity contribution >= 4 is 55.1 Å². The van der Waals surface area contributed by atoms with Gasteiger partial charge in [0, 0.05) is 35.0 Å². The zero-order valence-electron chi connectivity index (χ0n) is 13.5. The van der Waals surface area contributed by atoms with Crippen molar-refractivity contribution in [3.05, 3.63) is 76.9 Å². The van der Waals surface area contributed by atoms with Crippen LogP contribution in [0.5, 0.6) is 0 Å². The van der Waals surface area contributed by atoms with Gasteiger partial charge in [0.1, 0.15) is 0 Å². The number of non-ortho nitro benzene ring substituents is 4. The van der Waals surface area contributed by atoms with Gasteiger partial charge in [-0.15, -0.1) is 0 Å². The van der Waals surface area contributed by atoms with E-state index in [9.17, 15) is 40.5 Å². The first kappa shape index (κ1) is 17.0. The van der Waals surface area contributed by atoms with Crippen LogP contribution in [0.2, 0.25) is 0 Å². The van der Waals surface area contributed by atoms with E-state index < -0.39 is 42.4 Å². The third kappa shape index (κ3) is 2.11. The normalized spacial score (nSPS) is 11.3. The monoisotopic (exact) mass is 382 g/mol. The minimum Gasteiger partial charge on any atom is -0.258 e. The summed E-state index contributed by atoms with van der Waals surface area (Å²) in [5, 5.41) is 45.5. The molecule has 4 rings (SSSR count). The van der Waals surface area contributed by atoms with E-state index in [0.29, 0.717) is 0 Å². The largest absolute Gasteiger partial charge is 0.278 e. The lowest BCUT2D eigenvalue weighted by Crippen LogP contribution is -1.99. The Bertz CT molecular complexity index is 1270. The van der Waals surface area contributed by atoms with E-state index in [2.05, 4.69) is 0 Å². The predicted octanol–water partition coefficient (Wildman–Crippen LogP) is 4.22. The maximum atomic E-state index is 11.5. The summed E-state index contributed by atoms with van der Waals surface area (Å²) in [6.07, 6.45) is 0. The fourth-order valence-corrected chi connectivity index (χ4v) is 3.52. The highest BCUT2D eigenvalue weighted by Gasteiger charge is 2.30. The highest BCUT2D eigenvalue weighted by Crippen LogP contribution is 2.47. The molecule has 0 saturated carbocycles. The molecule has 0 fully saturated rings. The van der Waals surface area contributed by atoms with Crippen LogP contribution in [0.1, 0.15) is 0 Å². The molecule has 0 radical (unpaired) electrons. The molecule has 0 aliphatic rings. The highest BCUT2D eigenvalue weighted by atomic mass is 16.6. The molecule has 12 nitrogen and oxygen atoms in total. The lowest BCUT2D eigenvalue weighted by Gasteiger charge is -2.12. The molecule has 4 aromatic carbocycles. The maximum Gasteiger partial charge on any atom is 0.278 e. The highest BCUT2D eigenvalue weighted by molar-refractivity contribution is 6.30. The van der Waals surface area contributed by atoms with Crippen LogP contribution >= 0.6 is 0 Å². The molecule has 138 valence electrons. The van der Waals surface area contributed by atoms with E-state index in [1.54, 1.807) is 0 Å². The van der Waals surface area contributed by atoms with E-state index in [-0.39, 0.29) is 32.3 Å². The van der Waals surface area contributed by atoms with Crippen LogP contribution in [-0.2, 0) is 0 Å². The van der Waals surface area contributed by atoms with E-state index >= 15 is 0 Å². The average molecular weight is 382 g/mol. The van der Waals surface area contributed by atoms with Crippen molar-refractivity contribution in [3.8, 4) is 0 Å². The van der Waals surface area contributed by atoms with Gasteiger partial charge in [-0.2, -0.15) is 0 Å². The molecule has 28 heavy (non-hydrogen) atoms. The Morgan fingerprint density at radius 2 is 0.786 bits per heavy atom. The Hall–Kier alpha value is -4.48. The Labute approximate surface area is 152 Å². The van der Waals surface area contributed by atoms with Gasteiger partial charge >= 0.3 is 0 Å². The van der Waals surface area contributed by atoms with Crippen molar-refractivity contribution in [2.45, 2.75) is 0 Å². The van der Waals surface area contributed by atoms with Crippen LogP contribution in [0.25, 0.3) is 32.3 Å². The standard InChI is InChI=1S/C16H6N4O8/c21-17(22)11-3-1-7-13(19(25)26)5-10-12(18(23)24)4-2-8-14(20(27)28)6-9(11)15(7)16(8)10/h1-6H. The number of benzene rings is 4. The fraction of sp³-hybridized carbons (Fsp3) is 0. The third-order valence-electron chi connectivity index (χ3n) is 4.60. The molecule has 0 aliphatic carbocycles. The first-order valence-corrected chi connectivity index (χ1v) is 7.58. The van der Waals surface area contributed by atoms with Gasteiger partial charge in [-0.3, -0.25) is 40.5 Å². The molecule has 0 N–H and O–H groups in total. The molecule has 0 unspecified atom stereocenters. The fourth-order valence-electron chi connectivity index (χ4n) is 3.52. The van der Waals surface area contributed by atoms with Gasteiger partial charge in [0.2, 0.25) is 0 Å². The zero-order valence-corrected chi connectivity index (χ0v) is 13.5. The average Bonchev–Trinajstić information content (AvgIpc) is 2.63. The molecule has 0 aliphatic heterocycles. The van der Waals surface area contributed by atoms with Gasteiger partial charge in [-0.05, 0) is 12.1 Å². The number of nitrogens with zero attached hydrogens (tertiary/aromatic N) is 4. The summed E-state index contributed by atoms with van der Waals surface area (Å²) in [6, 6.07) is 6.32. The van der Waals surface area contributed by atoms with Crippen LogP contribution in [0, 0.1) is 40.5 Å². The van der Waals surface area contributed by atoms with Crippen molar-refractivity contribution in [1.82, 2.24) is 0 Å². The minimum absolute atomic E-state index is 0.00139. The zero-order chi connectivity index (χ0) is 20.3. The Morgan fingerprint density at radius 1 is 0.464 bits per heavy atom. The molecule has 0 atom stereocenters. The van der Waals surface area contributed by atoms with E-state index in [4.69, 9.17) is 0 Å². The molecule has 4 aromatic rings. The van der Waals surface area contributed by atoms with Crippen molar-refractivity contribution in [3.63, 3.8) is 0 Å². The third-order valence-corrected chi connectivity index (χ3v) is 4.60. The topological polar surface area (TPSA) is 173 Å². The Kier molecular flexibility index (Phi) is 3.34. The maximum absolute atomic E-state index is 11.5. The van der Waals surface area contributed by atoms with Gasteiger partial charge in [0.25, 0.3) is 22.7 Å². The van der Waals surface area contributed by atoms with Crippen molar-refractivity contribution in [2.24, 2.45) is 0 Å². The van der Waals surface area contributed by atoms with Gasteiger partial charge in [0.05, 0.1) is 41.2 Å². The van der Waals surface area contributed by atoms with Crippen molar-refractivity contribution < 1.29 is 19.7 Å². The number of nitro groups is 4. The summed E-state index contributed by atoms with van der Waals surface area (Å²) >= 11 is 0. The first-order chi connectivity index (χ1) is 13.2. The molecule has 0 heterocycles. The van der Waals surface area contributed by atoms with Crippen LogP contribution in [-0.4, -0.2) is 19.7 Å². The van der Waals surface area contributed by atoms with Crippen LogP contribution in [0.4, 0.5) is 22.7 Å². The van der Waals surface area contributed by atoms with E-state index in [1.807, 2.05) is 0 Å².